The second kappa shape index (κ2) is 4.37. The van der Waals surface area contributed by atoms with E-state index in [0.29, 0.717) is 5.02 Å². The molecule has 2 N–H and O–H groups in total. The lowest BCUT2D eigenvalue weighted by Crippen LogP contribution is -2.13. The van der Waals surface area contributed by atoms with Crippen molar-refractivity contribution in [3.8, 4) is 5.69 Å². The predicted molar refractivity (Wildman–Crippen MR) is 61.5 cm³/mol. The molecular formula is C11H10ClN3O. The summed E-state index contributed by atoms with van der Waals surface area (Å²) in [4.78, 5) is 10.7. The standard InChI is InChI=1S/C11H10ClN3O/c12-9-1-3-10(4-2-9)15-7-8(6-14-15)5-11(13)16/h1-4,6-7H,5H2,(H2,13,16). The van der Waals surface area contributed by atoms with Crippen LogP contribution in [0.2, 0.25) is 5.02 Å². The first-order valence-corrected chi connectivity index (χ1v) is 5.11. The van der Waals surface area contributed by atoms with Crippen molar-refractivity contribution < 1.29 is 4.79 Å². The average molecular weight is 236 g/mol. The van der Waals surface area contributed by atoms with Crippen LogP contribution in [0.4, 0.5) is 0 Å². The highest BCUT2D eigenvalue weighted by Crippen LogP contribution is 2.13. The van der Waals surface area contributed by atoms with E-state index in [0.717, 1.165) is 11.3 Å². The van der Waals surface area contributed by atoms with E-state index < -0.39 is 0 Å². The van der Waals surface area contributed by atoms with E-state index in [4.69, 9.17) is 17.3 Å². The van der Waals surface area contributed by atoms with Crippen LogP contribution in [0.25, 0.3) is 5.69 Å². The highest BCUT2D eigenvalue weighted by Gasteiger charge is 2.03. The maximum Gasteiger partial charge on any atom is 0.221 e. The third-order valence-electron chi connectivity index (χ3n) is 2.11. The molecule has 1 amide bonds. The van der Waals surface area contributed by atoms with E-state index in [1.54, 1.807) is 29.2 Å². The molecule has 0 saturated carbocycles. The van der Waals surface area contributed by atoms with Crippen molar-refractivity contribution in [1.82, 2.24) is 9.78 Å². The Morgan fingerprint density at radius 3 is 2.69 bits per heavy atom. The number of carbonyl (C=O) groups is 1. The minimum absolute atomic E-state index is 0.202. The highest BCUT2D eigenvalue weighted by molar-refractivity contribution is 6.30. The predicted octanol–water partition coefficient (Wildman–Crippen LogP) is 1.55. The molecule has 4 nitrogen and oxygen atoms in total. The molecule has 0 saturated heterocycles. The van der Waals surface area contributed by atoms with Gasteiger partial charge in [-0.15, -0.1) is 0 Å². The van der Waals surface area contributed by atoms with Gasteiger partial charge in [0.05, 0.1) is 18.3 Å². The van der Waals surface area contributed by atoms with Gasteiger partial charge in [0.1, 0.15) is 0 Å². The summed E-state index contributed by atoms with van der Waals surface area (Å²) >= 11 is 5.78. The number of hydrogen-bond donors (Lipinski definition) is 1. The number of primary amides is 1. The summed E-state index contributed by atoms with van der Waals surface area (Å²) in [5.41, 5.74) is 6.78. The summed E-state index contributed by atoms with van der Waals surface area (Å²) in [6.07, 6.45) is 3.60. The van der Waals surface area contributed by atoms with Gasteiger partial charge >= 0.3 is 0 Å². The van der Waals surface area contributed by atoms with E-state index >= 15 is 0 Å². The van der Waals surface area contributed by atoms with Gasteiger partial charge in [-0.2, -0.15) is 5.10 Å². The molecule has 2 aromatic rings. The molecule has 0 aliphatic rings. The third kappa shape index (κ3) is 2.41. The molecule has 82 valence electrons. The van der Waals surface area contributed by atoms with E-state index in [2.05, 4.69) is 5.10 Å². The molecule has 0 spiro atoms. The minimum Gasteiger partial charge on any atom is -0.369 e. The summed E-state index contributed by atoms with van der Waals surface area (Å²) in [6, 6.07) is 7.27. The Morgan fingerprint density at radius 1 is 1.38 bits per heavy atom. The number of halogens is 1. The number of hydrogen-bond acceptors (Lipinski definition) is 2. The zero-order valence-electron chi connectivity index (χ0n) is 8.43. The van der Waals surface area contributed by atoms with Crippen molar-refractivity contribution in [2.75, 3.05) is 0 Å². The topological polar surface area (TPSA) is 60.9 Å². The first kappa shape index (κ1) is 10.7. The SMILES string of the molecule is NC(=O)Cc1cnn(-c2ccc(Cl)cc2)c1. The summed E-state index contributed by atoms with van der Waals surface area (Å²) in [5, 5.41) is 4.81. The zero-order valence-corrected chi connectivity index (χ0v) is 9.19. The molecule has 0 unspecified atom stereocenters. The van der Waals surface area contributed by atoms with E-state index in [1.807, 2.05) is 12.1 Å². The van der Waals surface area contributed by atoms with Crippen molar-refractivity contribution in [2.24, 2.45) is 5.73 Å². The molecule has 0 radical (unpaired) electrons. The second-order valence-corrected chi connectivity index (χ2v) is 3.85. The average Bonchev–Trinajstić information content (AvgIpc) is 2.66. The van der Waals surface area contributed by atoms with E-state index in [9.17, 15) is 4.79 Å². The quantitative estimate of drug-likeness (QED) is 0.878. The molecule has 0 atom stereocenters. The van der Waals surface area contributed by atoms with Gasteiger partial charge in [0.15, 0.2) is 0 Å². The van der Waals surface area contributed by atoms with Crippen LogP contribution >= 0.6 is 11.6 Å². The summed E-state index contributed by atoms with van der Waals surface area (Å²) in [7, 11) is 0. The lowest BCUT2D eigenvalue weighted by molar-refractivity contribution is -0.117. The van der Waals surface area contributed by atoms with Crippen LogP contribution < -0.4 is 5.73 Å². The molecule has 0 bridgehead atoms. The summed E-state index contributed by atoms with van der Waals surface area (Å²) in [6.45, 7) is 0. The highest BCUT2D eigenvalue weighted by atomic mass is 35.5. The fourth-order valence-electron chi connectivity index (χ4n) is 1.39. The fraction of sp³-hybridized carbons (Fsp3) is 0.0909. The molecule has 5 heteroatoms. The molecular weight excluding hydrogens is 226 g/mol. The smallest absolute Gasteiger partial charge is 0.221 e. The number of nitrogens with zero attached hydrogens (tertiary/aromatic N) is 2. The summed E-state index contributed by atoms with van der Waals surface area (Å²) in [5.74, 6) is -0.365. The maximum absolute atomic E-state index is 10.7. The van der Waals surface area contributed by atoms with Gasteiger partial charge in [0, 0.05) is 11.2 Å². The van der Waals surface area contributed by atoms with Gasteiger partial charge in [0.2, 0.25) is 5.91 Å². The maximum atomic E-state index is 10.7. The molecule has 1 aromatic carbocycles. The monoisotopic (exact) mass is 235 g/mol. The molecule has 16 heavy (non-hydrogen) atoms. The van der Waals surface area contributed by atoms with Gasteiger partial charge in [-0.1, -0.05) is 11.6 Å². The summed E-state index contributed by atoms with van der Waals surface area (Å²) < 4.78 is 1.68. The Kier molecular flexibility index (Phi) is 2.92. The first-order valence-electron chi connectivity index (χ1n) is 4.73. The Hall–Kier alpha value is -1.81. The molecule has 2 rings (SSSR count). The minimum atomic E-state index is -0.365. The van der Waals surface area contributed by atoms with Gasteiger partial charge < -0.3 is 5.73 Å². The van der Waals surface area contributed by atoms with Crippen LogP contribution in [0, 0.1) is 0 Å². The largest absolute Gasteiger partial charge is 0.369 e. The molecule has 0 aliphatic carbocycles. The van der Waals surface area contributed by atoms with Crippen LogP contribution in [0.3, 0.4) is 0 Å². The van der Waals surface area contributed by atoms with Crippen molar-refractivity contribution in [3.05, 3.63) is 47.2 Å². The second-order valence-electron chi connectivity index (χ2n) is 3.41. The number of benzene rings is 1. The van der Waals surface area contributed by atoms with Gasteiger partial charge in [-0.05, 0) is 29.8 Å². The van der Waals surface area contributed by atoms with Crippen molar-refractivity contribution in [2.45, 2.75) is 6.42 Å². The van der Waals surface area contributed by atoms with Crippen molar-refractivity contribution in [3.63, 3.8) is 0 Å². The van der Waals surface area contributed by atoms with E-state index in [1.165, 1.54) is 0 Å². The van der Waals surface area contributed by atoms with Gasteiger partial charge in [0.25, 0.3) is 0 Å². The third-order valence-corrected chi connectivity index (χ3v) is 2.36. The van der Waals surface area contributed by atoms with Crippen molar-refractivity contribution >= 4 is 17.5 Å². The van der Waals surface area contributed by atoms with Crippen molar-refractivity contribution in [1.29, 1.82) is 0 Å². The number of aromatic nitrogens is 2. The van der Waals surface area contributed by atoms with Crippen LogP contribution in [0.15, 0.2) is 36.7 Å². The molecule has 1 heterocycles. The van der Waals surface area contributed by atoms with Crippen LogP contribution in [0.1, 0.15) is 5.56 Å². The lowest BCUT2D eigenvalue weighted by atomic mass is 10.2. The Balaban J connectivity index is 2.24. The van der Waals surface area contributed by atoms with E-state index in [-0.39, 0.29) is 12.3 Å². The molecule has 0 fully saturated rings. The number of amides is 1. The molecule has 1 aromatic heterocycles. The van der Waals surface area contributed by atoms with Crippen LogP contribution in [0.5, 0.6) is 0 Å². The van der Waals surface area contributed by atoms with Crippen LogP contribution in [-0.2, 0) is 11.2 Å². The zero-order chi connectivity index (χ0) is 11.5. The van der Waals surface area contributed by atoms with Crippen LogP contribution in [-0.4, -0.2) is 15.7 Å². The number of carbonyl (C=O) groups excluding carboxylic acids is 1. The number of rotatable bonds is 3. The lowest BCUT2D eigenvalue weighted by Gasteiger charge is -2.00. The Bertz CT molecular complexity index is 504. The normalized spacial score (nSPS) is 10.3. The molecule has 0 aliphatic heterocycles. The first-order chi connectivity index (χ1) is 7.65. The number of nitrogens with two attached hydrogens (primary N) is 1. The Labute approximate surface area is 97.6 Å². The van der Waals surface area contributed by atoms with Gasteiger partial charge in [-0.3, -0.25) is 4.79 Å². The fourth-order valence-corrected chi connectivity index (χ4v) is 1.51. The van der Waals surface area contributed by atoms with Gasteiger partial charge in [-0.25, -0.2) is 4.68 Å². The Morgan fingerprint density at radius 2 is 2.06 bits per heavy atom.